The third kappa shape index (κ3) is 3.55. The van der Waals surface area contributed by atoms with Crippen LogP contribution < -0.4 is 10.1 Å². The van der Waals surface area contributed by atoms with Crippen LogP contribution >= 0.6 is 34.1 Å². The Morgan fingerprint density at radius 1 is 1.20 bits per heavy atom. The van der Waals surface area contributed by atoms with Crippen LogP contribution in [0.15, 0.2) is 48.5 Å². The standard InChI is InChI=1S/C19H16IN3OS/c1-24-15-7-2-12(3-8-15)11-21-19-22-18(25-23-19)14-5-4-13-6-9-17(20)16(13)10-14/h2-5,7-10H,6,11H2,1H3,(H,21,23). The van der Waals surface area contributed by atoms with E-state index in [-0.39, 0.29) is 0 Å². The molecule has 0 atom stereocenters. The van der Waals surface area contributed by atoms with Gasteiger partial charge in [0.05, 0.1) is 7.11 Å². The molecule has 0 aliphatic heterocycles. The van der Waals surface area contributed by atoms with Gasteiger partial charge in [-0.05, 0) is 75.4 Å². The van der Waals surface area contributed by atoms with Crippen LogP contribution in [0.1, 0.15) is 16.7 Å². The highest BCUT2D eigenvalue weighted by atomic mass is 127. The quantitative estimate of drug-likeness (QED) is 0.534. The zero-order valence-corrected chi connectivity index (χ0v) is 16.6. The number of hydrogen-bond donors (Lipinski definition) is 1. The second kappa shape index (κ2) is 7.13. The average Bonchev–Trinajstić information content (AvgIpc) is 3.27. The molecule has 0 spiro atoms. The lowest BCUT2D eigenvalue weighted by atomic mass is 10.1. The molecule has 4 rings (SSSR count). The summed E-state index contributed by atoms with van der Waals surface area (Å²) in [5, 5.41) is 4.23. The van der Waals surface area contributed by atoms with Crippen molar-refractivity contribution in [3.05, 3.63) is 65.2 Å². The normalized spacial score (nSPS) is 12.6. The Balaban J connectivity index is 1.47. The van der Waals surface area contributed by atoms with Crippen molar-refractivity contribution >= 4 is 43.7 Å². The van der Waals surface area contributed by atoms with E-state index in [0.717, 1.165) is 28.3 Å². The van der Waals surface area contributed by atoms with Crippen molar-refractivity contribution in [2.45, 2.75) is 13.0 Å². The fourth-order valence-corrected chi connectivity index (χ4v) is 4.12. The second-order valence-corrected chi connectivity index (χ2v) is 7.67. The fourth-order valence-electron chi connectivity index (χ4n) is 2.76. The maximum absolute atomic E-state index is 5.18. The van der Waals surface area contributed by atoms with E-state index in [2.05, 4.69) is 61.5 Å². The SMILES string of the molecule is COc1ccc(CNc2nsc(-c3ccc4c(c3)C(I)=CC4)n2)cc1. The Hall–Kier alpha value is -1.93. The lowest BCUT2D eigenvalue weighted by Crippen LogP contribution is -2.00. The van der Waals surface area contributed by atoms with Gasteiger partial charge in [-0.1, -0.05) is 30.3 Å². The lowest BCUT2D eigenvalue weighted by molar-refractivity contribution is 0.414. The molecule has 0 fully saturated rings. The van der Waals surface area contributed by atoms with Gasteiger partial charge >= 0.3 is 0 Å². The van der Waals surface area contributed by atoms with E-state index in [9.17, 15) is 0 Å². The minimum Gasteiger partial charge on any atom is -0.497 e. The molecule has 4 nitrogen and oxygen atoms in total. The molecule has 0 radical (unpaired) electrons. The Labute approximate surface area is 164 Å². The number of hydrogen-bond acceptors (Lipinski definition) is 5. The van der Waals surface area contributed by atoms with Crippen LogP contribution in [-0.2, 0) is 13.0 Å². The summed E-state index contributed by atoms with van der Waals surface area (Å²) in [5.41, 5.74) is 4.99. The number of methoxy groups -OCH3 is 1. The second-order valence-electron chi connectivity index (χ2n) is 5.75. The van der Waals surface area contributed by atoms with Crippen LogP contribution in [0, 0.1) is 0 Å². The largest absolute Gasteiger partial charge is 0.497 e. The molecule has 0 saturated heterocycles. The number of rotatable bonds is 5. The summed E-state index contributed by atoms with van der Waals surface area (Å²) < 4.78 is 10.9. The van der Waals surface area contributed by atoms with Gasteiger partial charge in [0.2, 0.25) is 5.95 Å². The van der Waals surface area contributed by atoms with Crippen molar-refractivity contribution in [3.63, 3.8) is 0 Å². The van der Waals surface area contributed by atoms with Gasteiger partial charge in [0, 0.05) is 15.7 Å². The van der Waals surface area contributed by atoms with Gasteiger partial charge in [0.25, 0.3) is 0 Å². The molecule has 0 amide bonds. The summed E-state index contributed by atoms with van der Waals surface area (Å²) in [6.07, 6.45) is 3.29. The number of ether oxygens (including phenoxy) is 1. The third-order valence-electron chi connectivity index (χ3n) is 4.15. The molecule has 3 aromatic rings. The molecule has 1 heterocycles. The highest BCUT2D eigenvalue weighted by molar-refractivity contribution is 14.1. The minimum absolute atomic E-state index is 0.668. The summed E-state index contributed by atoms with van der Waals surface area (Å²) in [6, 6.07) is 14.5. The number of anilines is 1. The van der Waals surface area contributed by atoms with Crippen molar-refractivity contribution < 1.29 is 4.74 Å². The number of fused-ring (bicyclic) bond motifs is 1. The number of nitrogens with one attached hydrogen (secondary N) is 1. The molecule has 0 saturated carbocycles. The van der Waals surface area contributed by atoms with E-state index in [1.807, 2.05) is 24.3 Å². The van der Waals surface area contributed by atoms with Gasteiger partial charge in [-0.2, -0.15) is 9.36 Å². The number of aromatic nitrogens is 2. The van der Waals surface area contributed by atoms with Gasteiger partial charge in [0.15, 0.2) is 0 Å². The highest BCUT2D eigenvalue weighted by Crippen LogP contribution is 2.35. The summed E-state index contributed by atoms with van der Waals surface area (Å²) in [4.78, 5) is 4.63. The molecule has 2 aromatic carbocycles. The van der Waals surface area contributed by atoms with Gasteiger partial charge in [0.1, 0.15) is 10.8 Å². The molecule has 126 valence electrons. The molecule has 1 N–H and O–H groups in total. The predicted molar refractivity (Wildman–Crippen MR) is 111 cm³/mol. The molecule has 1 aromatic heterocycles. The van der Waals surface area contributed by atoms with Gasteiger partial charge in [-0.3, -0.25) is 0 Å². The highest BCUT2D eigenvalue weighted by Gasteiger charge is 2.14. The van der Waals surface area contributed by atoms with Crippen LogP contribution in [0.4, 0.5) is 5.95 Å². The Bertz CT molecular complexity index is 934. The number of allylic oxidation sites excluding steroid dienone is 1. The molecule has 0 bridgehead atoms. The molecular formula is C19H16IN3OS. The Morgan fingerprint density at radius 3 is 2.84 bits per heavy atom. The smallest absolute Gasteiger partial charge is 0.235 e. The van der Waals surface area contributed by atoms with Gasteiger partial charge < -0.3 is 10.1 Å². The molecular weight excluding hydrogens is 445 g/mol. The molecule has 1 aliphatic rings. The summed E-state index contributed by atoms with van der Waals surface area (Å²) in [7, 11) is 1.67. The summed E-state index contributed by atoms with van der Waals surface area (Å²) in [5.74, 6) is 1.53. The van der Waals surface area contributed by atoms with E-state index in [0.29, 0.717) is 12.5 Å². The molecule has 0 unspecified atom stereocenters. The molecule has 1 aliphatic carbocycles. The van der Waals surface area contributed by atoms with Crippen LogP contribution in [-0.4, -0.2) is 16.5 Å². The number of benzene rings is 2. The predicted octanol–water partition coefficient (Wildman–Crippen LogP) is 5.16. The van der Waals surface area contributed by atoms with Crippen molar-refractivity contribution in [1.82, 2.24) is 9.36 Å². The first-order valence-electron chi connectivity index (χ1n) is 7.93. The van der Waals surface area contributed by atoms with E-state index < -0.39 is 0 Å². The van der Waals surface area contributed by atoms with E-state index in [1.165, 1.54) is 26.2 Å². The van der Waals surface area contributed by atoms with Crippen molar-refractivity contribution in [2.24, 2.45) is 0 Å². The lowest BCUT2D eigenvalue weighted by Gasteiger charge is -2.04. The monoisotopic (exact) mass is 461 g/mol. The van der Waals surface area contributed by atoms with E-state index in [1.54, 1.807) is 7.11 Å². The first-order valence-corrected chi connectivity index (χ1v) is 9.78. The van der Waals surface area contributed by atoms with Gasteiger partial charge in [-0.15, -0.1) is 0 Å². The maximum atomic E-state index is 5.18. The fraction of sp³-hybridized carbons (Fsp3) is 0.158. The molecule has 25 heavy (non-hydrogen) atoms. The van der Waals surface area contributed by atoms with Crippen LogP contribution in [0.2, 0.25) is 0 Å². The van der Waals surface area contributed by atoms with Crippen molar-refractivity contribution in [1.29, 1.82) is 0 Å². The maximum Gasteiger partial charge on any atom is 0.235 e. The first-order chi connectivity index (χ1) is 12.2. The Morgan fingerprint density at radius 2 is 2.04 bits per heavy atom. The van der Waals surface area contributed by atoms with Crippen LogP contribution in [0.25, 0.3) is 14.2 Å². The zero-order valence-electron chi connectivity index (χ0n) is 13.6. The summed E-state index contributed by atoms with van der Waals surface area (Å²) >= 11 is 3.82. The Kier molecular flexibility index (Phi) is 4.72. The van der Waals surface area contributed by atoms with E-state index in [4.69, 9.17) is 4.74 Å². The van der Waals surface area contributed by atoms with Crippen molar-refractivity contribution in [3.8, 4) is 16.3 Å². The third-order valence-corrected chi connectivity index (χ3v) is 5.94. The van der Waals surface area contributed by atoms with Crippen LogP contribution in [0.5, 0.6) is 5.75 Å². The molecule has 6 heteroatoms. The minimum atomic E-state index is 0.668. The number of halogens is 1. The first kappa shape index (κ1) is 16.5. The van der Waals surface area contributed by atoms with Gasteiger partial charge in [-0.25, -0.2) is 0 Å². The number of nitrogens with zero attached hydrogens (tertiary/aromatic N) is 2. The van der Waals surface area contributed by atoms with Crippen LogP contribution in [0.3, 0.4) is 0 Å². The van der Waals surface area contributed by atoms with Crippen molar-refractivity contribution in [2.75, 3.05) is 12.4 Å². The topological polar surface area (TPSA) is 47.0 Å². The van der Waals surface area contributed by atoms with E-state index >= 15 is 0 Å². The zero-order chi connectivity index (χ0) is 17.2. The summed E-state index contributed by atoms with van der Waals surface area (Å²) in [6.45, 7) is 0.686. The average molecular weight is 461 g/mol.